The summed E-state index contributed by atoms with van der Waals surface area (Å²) in [5, 5.41) is 9.38. The van der Waals surface area contributed by atoms with Gasteiger partial charge in [0.1, 0.15) is 6.04 Å². The lowest BCUT2D eigenvalue weighted by molar-refractivity contribution is -0.129. The summed E-state index contributed by atoms with van der Waals surface area (Å²) in [6, 6.07) is 9.32. The van der Waals surface area contributed by atoms with Crippen molar-refractivity contribution in [2.75, 3.05) is 13.1 Å². The van der Waals surface area contributed by atoms with Gasteiger partial charge in [0.15, 0.2) is 0 Å². The van der Waals surface area contributed by atoms with E-state index in [2.05, 4.69) is 15.6 Å². The first-order valence-corrected chi connectivity index (χ1v) is 10.5. The SMILES string of the molecule is Cc1nc(C2=CNC(C(=O)NC(CN3CCCC3=O)c3ccccc3)C2)cs1. The van der Waals surface area contributed by atoms with E-state index in [0.717, 1.165) is 34.8 Å². The molecule has 0 saturated carbocycles. The zero-order chi connectivity index (χ0) is 19.5. The second-order valence-electron chi connectivity index (χ2n) is 7.26. The number of thiazole rings is 1. The maximum absolute atomic E-state index is 12.9. The molecule has 28 heavy (non-hydrogen) atoms. The highest BCUT2D eigenvalue weighted by Gasteiger charge is 2.29. The van der Waals surface area contributed by atoms with Gasteiger partial charge in [-0.2, -0.15) is 0 Å². The molecule has 146 valence electrons. The number of aryl methyl sites for hydroxylation is 1. The summed E-state index contributed by atoms with van der Waals surface area (Å²) in [5.41, 5.74) is 3.00. The molecule has 0 bridgehead atoms. The molecule has 2 N–H and O–H groups in total. The number of carbonyl (C=O) groups is 2. The summed E-state index contributed by atoms with van der Waals surface area (Å²) in [5.74, 6) is 0.107. The van der Waals surface area contributed by atoms with Gasteiger partial charge < -0.3 is 15.5 Å². The Morgan fingerprint density at radius 3 is 2.89 bits per heavy atom. The van der Waals surface area contributed by atoms with E-state index < -0.39 is 0 Å². The molecular formula is C21H24N4O2S. The van der Waals surface area contributed by atoms with Crippen molar-refractivity contribution >= 4 is 28.7 Å². The second kappa shape index (κ2) is 8.14. The molecule has 2 amide bonds. The number of amides is 2. The van der Waals surface area contributed by atoms with Crippen molar-refractivity contribution in [3.8, 4) is 0 Å². The Balaban J connectivity index is 1.43. The van der Waals surface area contributed by atoms with Crippen LogP contribution in [0.15, 0.2) is 41.9 Å². The first-order valence-electron chi connectivity index (χ1n) is 9.61. The van der Waals surface area contributed by atoms with Crippen molar-refractivity contribution in [1.29, 1.82) is 0 Å². The van der Waals surface area contributed by atoms with Crippen LogP contribution < -0.4 is 10.6 Å². The van der Waals surface area contributed by atoms with E-state index in [-0.39, 0.29) is 23.9 Å². The Hall–Kier alpha value is -2.67. The molecule has 6 nitrogen and oxygen atoms in total. The van der Waals surface area contributed by atoms with Crippen molar-refractivity contribution in [3.05, 3.63) is 58.2 Å². The summed E-state index contributed by atoms with van der Waals surface area (Å²) in [7, 11) is 0. The quantitative estimate of drug-likeness (QED) is 0.787. The Morgan fingerprint density at radius 1 is 1.39 bits per heavy atom. The highest BCUT2D eigenvalue weighted by atomic mass is 32.1. The van der Waals surface area contributed by atoms with Gasteiger partial charge in [-0.15, -0.1) is 11.3 Å². The monoisotopic (exact) mass is 396 g/mol. The van der Waals surface area contributed by atoms with E-state index in [1.54, 1.807) is 11.3 Å². The van der Waals surface area contributed by atoms with E-state index in [1.807, 2.05) is 53.7 Å². The van der Waals surface area contributed by atoms with Crippen molar-refractivity contribution in [2.24, 2.45) is 0 Å². The number of hydrogen-bond acceptors (Lipinski definition) is 5. The fourth-order valence-electron chi connectivity index (χ4n) is 3.71. The molecule has 1 aromatic carbocycles. The molecule has 4 rings (SSSR count). The number of nitrogens with one attached hydrogen (secondary N) is 2. The smallest absolute Gasteiger partial charge is 0.243 e. The molecule has 2 aliphatic rings. The minimum Gasteiger partial charge on any atom is -0.379 e. The molecule has 1 fully saturated rings. The molecular weight excluding hydrogens is 372 g/mol. The van der Waals surface area contributed by atoms with Crippen LogP contribution in [0.25, 0.3) is 5.57 Å². The third-order valence-corrected chi connectivity index (χ3v) is 6.01. The maximum Gasteiger partial charge on any atom is 0.243 e. The number of benzene rings is 1. The maximum atomic E-state index is 12.9. The van der Waals surface area contributed by atoms with Crippen molar-refractivity contribution in [1.82, 2.24) is 20.5 Å². The molecule has 2 aliphatic heterocycles. The summed E-state index contributed by atoms with van der Waals surface area (Å²) in [4.78, 5) is 31.4. The Kier molecular flexibility index (Phi) is 5.43. The van der Waals surface area contributed by atoms with E-state index >= 15 is 0 Å². The van der Waals surface area contributed by atoms with Crippen LogP contribution in [0.2, 0.25) is 0 Å². The van der Waals surface area contributed by atoms with Crippen LogP contribution in [-0.2, 0) is 9.59 Å². The number of nitrogens with zero attached hydrogens (tertiary/aromatic N) is 2. The molecule has 2 unspecified atom stereocenters. The summed E-state index contributed by atoms with van der Waals surface area (Å²) in [6.45, 7) is 3.24. The third kappa shape index (κ3) is 4.09. The molecule has 7 heteroatoms. The van der Waals surface area contributed by atoms with Gasteiger partial charge >= 0.3 is 0 Å². The number of likely N-dealkylation sites (tertiary alicyclic amines) is 1. The average molecular weight is 397 g/mol. The molecule has 3 heterocycles. The highest BCUT2D eigenvalue weighted by Crippen LogP contribution is 2.26. The van der Waals surface area contributed by atoms with E-state index in [1.165, 1.54) is 0 Å². The van der Waals surface area contributed by atoms with Crippen LogP contribution in [-0.4, -0.2) is 40.8 Å². The van der Waals surface area contributed by atoms with Gasteiger partial charge in [0.25, 0.3) is 0 Å². The van der Waals surface area contributed by atoms with Crippen LogP contribution >= 0.6 is 11.3 Å². The van der Waals surface area contributed by atoms with Gasteiger partial charge in [0.05, 0.1) is 16.7 Å². The van der Waals surface area contributed by atoms with Gasteiger partial charge in [-0.25, -0.2) is 4.98 Å². The normalized spacial score (nSPS) is 20.0. The lowest BCUT2D eigenvalue weighted by atomic mass is 10.0. The lowest BCUT2D eigenvalue weighted by Crippen LogP contribution is -2.45. The van der Waals surface area contributed by atoms with Gasteiger partial charge in [-0.3, -0.25) is 9.59 Å². The first kappa shape index (κ1) is 18.7. The molecule has 2 atom stereocenters. The highest BCUT2D eigenvalue weighted by molar-refractivity contribution is 7.09. The summed E-state index contributed by atoms with van der Waals surface area (Å²) >= 11 is 1.61. The minimum atomic E-state index is -0.322. The van der Waals surface area contributed by atoms with Crippen LogP contribution in [0.5, 0.6) is 0 Å². The van der Waals surface area contributed by atoms with Crippen LogP contribution in [0.1, 0.15) is 41.6 Å². The average Bonchev–Trinajstić information content (AvgIpc) is 3.43. The van der Waals surface area contributed by atoms with Crippen molar-refractivity contribution < 1.29 is 9.59 Å². The fourth-order valence-corrected chi connectivity index (χ4v) is 4.34. The molecule has 1 saturated heterocycles. The van der Waals surface area contributed by atoms with Crippen LogP contribution in [0, 0.1) is 6.92 Å². The minimum absolute atomic E-state index is 0.0568. The topological polar surface area (TPSA) is 74.3 Å². The number of hydrogen-bond donors (Lipinski definition) is 2. The molecule has 1 aromatic heterocycles. The number of carbonyl (C=O) groups excluding carboxylic acids is 2. The fraction of sp³-hybridized carbons (Fsp3) is 0.381. The standard InChI is InChI=1S/C21H24N4O2S/c1-14-23-19(13-28-14)16-10-17(22-11-16)21(27)24-18(15-6-3-2-4-7-15)12-25-9-5-8-20(25)26/h2-4,6-7,11,13,17-18,22H,5,8-10,12H2,1H3,(H,24,27). The molecule has 2 aromatic rings. The van der Waals surface area contributed by atoms with Gasteiger partial charge in [0, 0.05) is 37.5 Å². The van der Waals surface area contributed by atoms with Crippen LogP contribution in [0.3, 0.4) is 0 Å². The lowest BCUT2D eigenvalue weighted by Gasteiger charge is -2.26. The predicted molar refractivity (Wildman–Crippen MR) is 110 cm³/mol. The second-order valence-corrected chi connectivity index (χ2v) is 8.32. The van der Waals surface area contributed by atoms with Gasteiger partial charge in [0.2, 0.25) is 11.8 Å². The zero-order valence-electron chi connectivity index (χ0n) is 15.9. The molecule has 0 spiro atoms. The Labute approximate surface area is 168 Å². The van der Waals surface area contributed by atoms with Gasteiger partial charge in [-0.1, -0.05) is 30.3 Å². The zero-order valence-corrected chi connectivity index (χ0v) is 16.7. The van der Waals surface area contributed by atoms with E-state index in [4.69, 9.17) is 0 Å². The Morgan fingerprint density at radius 2 is 2.21 bits per heavy atom. The van der Waals surface area contributed by atoms with Crippen LogP contribution in [0.4, 0.5) is 0 Å². The van der Waals surface area contributed by atoms with E-state index in [9.17, 15) is 9.59 Å². The number of aromatic nitrogens is 1. The van der Waals surface area contributed by atoms with E-state index in [0.29, 0.717) is 19.4 Å². The molecule has 0 aliphatic carbocycles. The third-order valence-electron chi connectivity index (χ3n) is 5.24. The summed E-state index contributed by atoms with van der Waals surface area (Å²) < 4.78 is 0. The Bertz CT molecular complexity index is 893. The van der Waals surface area contributed by atoms with Gasteiger partial charge in [-0.05, 0) is 24.5 Å². The van der Waals surface area contributed by atoms with Crippen molar-refractivity contribution in [2.45, 2.75) is 38.3 Å². The van der Waals surface area contributed by atoms with Crippen molar-refractivity contribution in [3.63, 3.8) is 0 Å². The largest absolute Gasteiger partial charge is 0.379 e. The predicted octanol–water partition coefficient (Wildman–Crippen LogP) is 2.63. The first-order chi connectivity index (χ1) is 13.6. The summed E-state index contributed by atoms with van der Waals surface area (Å²) in [6.07, 6.45) is 3.98. The number of rotatable bonds is 6. The molecule has 0 radical (unpaired) electrons.